The molecule has 1 amide bonds. The van der Waals surface area contributed by atoms with E-state index in [1.54, 1.807) is 6.07 Å². The third-order valence-electron chi connectivity index (χ3n) is 5.48. The number of rotatable bonds is 7. The number of carbonyl (C=O) groups is 1. The molecule has 1 aliphatic heterocycles. The van der Waals surface area contributed by atoms with Gasteiger partial charge in [-0.1, -0.05) is 49.7 Å². The molecule has 0 unspecified atom stereocenters. The summed E-state index contributed by atoms with van der Waals surface area (Å²) in [6.07, 6.45) is -4.54. The maximum Gasteiger partial charge on any atom is 0.416 e. The molecule has 7 heteroatoms. The van der Waals surface area contributed by atoms with Gasteiger partial charge in [0.1, 0.15) is 0 Å². The molecule has 4 nitrogen and oxygen atoms in total. The Morgan fingerprint density at radius 1 is 1.19 bits per heavy atom. The molecule has 3 rings (SSSR count). The fourth-order valence-corrected chi connectivity index (χ4v) is 3.94. The van der Waals surface area contributed by atoms with E-state index in [4.69, 9.17) is 4.74 Å². The summed E-state index contributed by atoms with van der Waals surface area (Å²) in [5.74, 6) is 0.270. The minimum Gasteiger partial charge on any atom is -0.374 e. The Bertz CT molecular complexity index is 897. The third-order valence-corrected chi connectivity index (χ3v) is 5.48. The highest BCUT2D eigenvalue weighted by Gasteiger charge is 2.31. The Balaban J connectivity index is 1.66. The van der Waals surface area contributed by atoms with Gasteiger partial charge in [0.2, 0.25) is 0 Å². The maximum absolute atomic E-state index is 13.1. The van der Waals surface area contributed by atoms with Gasteiger partial charge in [-0.25, -0.2) is 0 Å². The highest BCUT2D eigenvalue weighted by atomic mass is 19.4. The lowest BCUT2D eigenvalue weighted by Gasteiger charge is -2.36. The molecule has 1 fully saturated rings. The van der Waals surface area contributed by atoms with Crippen LogP contribution in [0, 0.1) is 12.8 Å². The van der Waals surface area contributed by atoms with E-state index in [0.717, 1.165) is 11.6 Å². The van der Waals surface area contributed by atoms with Gasteiger partial charge in [-0.2, -0.15) is 13.2 Å². The number of halogens is 3. The molecular formula is C25H31F3N2O2. The minimum atomic E-state index is -4.35. The van der Waals surface area contributed by atoms with Gasteiger partial charge in [0, 0.05) is 38.3 Å². The zero-order valence-electron chi connectivity index (χ0n) is 18.9. The first-order chi connectivity index (χ1) is 15.1. The van der Waals surface area contributed by atoms with E-state index in [2.05, 4.69) is 18.7 Å². The van der Waals surface area contributed by atoms with Crippen molar-refractivity contribution in [2.75, 3.05) is 32.8 Å². The largest absolute Gasteiger partial charge is 0.416 e. The second-order valence-corrected chi connectivity index (χ2v) is 8.90. The normalized spacial score (nSPS) is 17.5. The molecule has 1 atom stereocenters. The number of amides is 1. The van der Waals surface area contributed by atoms with Crippen molar-refractivity contribution in [3.63, 3.8) is 0 Å². The van der Waals surface area contributed by atoms with Crippen molar-refractivity contribution in [2.24, 2.45) is 5.92 Å². The summed E-state index contributed by atoms with van der Waals surface area (Å²) in [5.41, 5.74) is 1.73. The predicted octanol–water partition coefficient (Wildman–Crippen LogP) is 5.01. The zero-order chi connectivity index (χ0) is 23.3. The van der Waals surface area contributed by atoms with Crippen LogP contribution in [-0.4, -0.2) is 54.6 Å². The highest BCUT2D eigenvalue weighted by molar-refractivity contribution is 5.94. The van der Waals surface area contributed by atoms with Gasteiger partial charge in [0.15, 0.2) is 0 Å². The Labute approximate surface area is 188 Å². The molecule has 0 bridgehead atoms. The molecule has 0 spiro atoms. The monoisotopic (exact) mass is 448 g/mol. The molecule has 2 aromatic carbocycles. The fourth-order valence-electron chi connectivity index (χ4n) is 3.94. The first-order valence-electron chi connectivity index (χ1n) is 11.0. The smallest absolute Gasteiger partial charge is 0.374 e. The second-order valence-electron chi connectivity index (χ2n) is 8.90. The number of morpholine rings is 1. The predicted molar refractivity (Wildman–Crippen MR) is 118 cm³/mol. The van der Waals surface area contributed by atoms with Gasteiger partial charge in [-0.05, 0) is 36.6 Å². The van der Waals surface area contributed by atoms with Crippen LogP contribution in [0.15, 0.2) is 48.5 Å². The van der Waals surface area contributed by atoms with Crippen molar-refractivity contribution < 1.29 is 22.7 Å². The zero-order valence-corrected chi connectivity index (χ0v) is 18.9. The molecule has 0 aliphatic carbocycles. The van der Waals surface area contributed by atoms with Crippen molar-refractivity contribution in [1.82, 2.24) is 9.80 Å². The van der Waals surface area contributed by atoms with E-state index >= 15 is 0 Å². The second kappa shape index (κ2) is 10.5. The van der Waals surface area contributed by atoms with Crippen LogP contribution in [0.5, 0.6) is 0 Å². The van der Waals surface area contributed by atoms with Crippen molar-refractivity contribution in [3.8, 4) is 0 Å². The highest BCUT2D eigenvalue weighted by Crippen LogP contribution is 2.30. The third kappa shape index (κ3) is 6.81. The Hall–Kier alpha value is -2.38. The number of nitrogens with zero attached hydrogens (tertiary/aromatic N) is 2. The SMILES string of the molecule is Cc1ccc(C(=O)N(CC(C)C)C[C@@H]2CN(Cc3cccc(C(F)(F)F)c3)CCO2)cc1. The van der Waals surface area contributed by atoms with Gasteiger partial charge < -0.3 is 9.64 Å². The van der Waals surface area contributed by atoms with Gasteiger partial charge in [0.05, 0.1) is 18.3 Å². The summed E-state index contributed by atoms with van der Waals surface area (Å²) in [6, 6.07) is 13.0. The molecule has 0 radical (unpaired) electrons. The first kappa shape index (κ1) is 24.3. The van der Waals surface area contributed by atoms with Crippen molar-refractivity contribution in [2.45, 2.75) is 39.6 Å². The van der Waals surface area contributed by atoms with E-state index in [0.29, 0.717) is 56.4 Å². The van der Waals surface area contributed by atoms with Crippen LogP contribution in [0.2, 0.25) is 0 Å². The number of alkyl halides is 3. The van der Waals surface area contributed by atoms with Crippen LogP contribution >= 0.6 is 0 Å². The quantitative estimate of drug-likeness (QED) is 0.597. The number of ether oxygens (including phenoxy) is 1. The summed E-state index contributed by atoms with van der Waals surface area (Å²) in [7, 11) is 0. The molecule has 174 valence electrons. The van der Waals surface area contributed by atoms with Gasteiger partial charge >= 0.3 is 6.18 Å². The summed E-state index contributed by atoms with van der Waals surface area (Å²) < 4.78 is 45.0. The van der Waals surface area contributed by atoms with E-state index in [1.807, 2.05) is 36.1 Å². The average molecular weight is 449 g/mol. The number of benzene rings is 2. The number of hydrogen-bond acceptors (Lipinski definition) is 3. The van der Waals surface area contributed by atoms with Crippen LogP contribution < -0.4 is 0 Å². The maximum atomic E-state index is 13.1. The molecule has 1 aliphatic rings. The van der Waals surface area contributed by atoms with Gasteiger partial charge in [-0.15, -0.1) is 0 Å². The van der Waals surface area contributed by atoms with E-state index in [9.17, 15) is 18.0 Å². The molecule has 2 aromatic rings. The molecule has 32 heavy (non-hydrogen) atoms. The summed E-state index contributed by atoms with van der Waals surface area (Å²) in [5, 5.41) is 0. The summed E-state index contributed by atoms with van der Waals surface area (Å²) in [4.78, 5) is 17.0. The molecule has 0 N–H and O–H groups in total. The summed E-state index contributed by atoms with van der Waals surface area (Å²) >= 11 is 0. The lowest BCUT2D eigenvalue weighted by Crippen LogP contribution is -2.49. The Kier molecular flexibility index (Phi) is 7.96. The van der Waals surface area contributed by atoms with Crippen molar-refractivity contribution in [1.29, 1.82) is 0 Å². The minimum absolute atomic E-state index is 0.0303. The molecule has 0 saturated carbocycles. The molecular weight excluding hydrogens is 417 g/mol. The van der Waals surface area contributed by atoms with Crippen LogP contribution in [-0.2, 0) is 17.5 Å². The molecule has 1 saturated heterocycles. The van der Waals surface area contributed by atoms with E-state index in [-0.39, 0.29) is 12.0 Å². The van der Waals surface area contributed by atoms with E-state index < -0.39 is 11.7 Å². The Morgan fingerprint density at radius 3 is 2.56 bits per heavy atom. The Morgan fingerprint density at radius 2 is 1.91 bits per heavy atom. The van der Waals surface area contributed by atoms with Crippen LogP contribution in [0.25, 0.3) is 0 Å². The average Bonchev–Trinajstić information content (AvgIpc) is 2.73. The van der Waals surface area contributed by atoms with Gasteiger partial charge in [0.25, 0.3) is 5.91 Å². The molecule has 0 aromatic heterocycles. The van der Waals surface area contributed by atoms with Gasteiger partial charge in [-0.3, -0.25) is 9.69 Å². The topological polar surface area (TPSA) is 32.8 Å². The van der Waals surface area contributed by atoms with Crippen molar-refractivity contribution in [3.05, 3.63) is 70.8 Å². The first-order valence-corrected chi connectivity index (χ1v) is 11.0. The lowest BCUT2D eigenvalue weighted by molar-refractivity contribution is -0.137. The van der Waals surface area contributed by atoms with Crippen LogP contribution in [0.1, 0.15) is 40.9 Å². The lowest BCUT2D eigenvalue weighted by atomic mass is 10.1. The number of carbonyl (C=O) groups excluding carboxylic acids is 1. The summed E-state index contributed by atoms with van der Waals surface area (Å²) in [6.45, 7) is 9.28. The molecule has 1 heterocycles. The van der Waals surface area contributed by atoms with Crippen molar-refractivity contribution >= 4 is 5.91 Å². The van der Waals surface area contributed by atoms with Crippen LogP contribution in [0.3, 0.4) is 0 Å². The van der Waals surface area contributed by atoms with Crippen LogP contribution in [0.4, 0.5) is 13.2 Å². The fraction of sp³-hybridized carbons (Fsp3) is 0.480. The van der Waals surface area contributed by atoms with E-state index in [1.165, 1.54) is 12.1 Å². The standard InChI is InChI=1S/C25H31F3N2O2/c1-18(2)14-30(24(31)21-9-7-19(3)8-10-21)17-23-16-29(11-12-32-23)15-20-5-4-6-22(13-20)25(26,27)28/h4-10,13,18,23H,11-12,14-17H2,1-3H3/t23-/m0/s1. The number of aryl methyl sites for hydroxylation is 1. The number of hydrogen-bond donors (Lipinski definition) is 0.